The maximum Gasteiger partial charge on any atom is 0.276 e. The summed E-state index contributed by atoms with van der Waals surface area (Å²) in [6, 6.07) is 9.08. The molecule has 1 aromatic heterocycles. The van der Waals surface area contributed by atoms with Gasteiger partial charge >= 0.3 is 0 Å². The molecule has 1 aromatic carbocycles. The zero-order valence-corrected chi connectivity index (χ0v) is 11.0. The van der Waals surface area contributed by atoms with E-state index < -0.39 is 5.91 Å². The Kier molecular flexibility index (Phi) is 4.14. The van der Waals surface area contributed by atoms with Gasteiger partial charge < -0.3 is 10.4 Å². The molecule has 0 fully saturated rings. The van der Waals surface area contributed by atoms with Crippen LogP contribution in [0.1, 0.15) is 23.8 Å². The largest absolute Gasteiger partial charge is 0.506 e. The van der Waals surface area contributed by atoms with Crippen molar-refractivity contribution in [2.24, 2.45) is 0 Å². The van der Waals surface area contributed by atoms with Gasteiger partial charge in [-0.3, -0.25) is 9.59 Å². The van der Waals surface area contributed by atoms with E-state index in [-0.39, 0.29) is 17.0 Å². The Hall–Kier alpha value is -2.63. The molecule has 2 rings (SSSR count). The number of nitrogens with zero attached hydrogens (tertiary/aromatic N) is 2. The van der Waals surface area contributed by atoms with E-state index in [1.54, 1.807) is 18.2 Å². The van der Waals surface area contributed by atoms with Gasteiger partial charge in [0.15, 0.2) is 0 Å². The molecule has 2 N–H and O–H groups in total. The van der Waals surface area contributed by atoms with Crippen LogP contribution in [-0.4, -0.2) is 20.8 Å². The average molecular weight is 273 g/mol. The smallest absolute Gasteiger partial charge is 0.276 e. The van der Waals surface area contributed by atoms with Gasteiger partial charge in [0.1, 0.15) is 11.4 Å². The second-order valence-corrected chi connectivity index (χ2v) is 4.25. The summed E-state index contributed by atoms with van der Waals surface area (Å²) in [6.07, 6.45) is 0.747. The van der Waals surface area contributed by atoms with Crippen molar-refractivity contribution in [1.29, 1.82) is 0 Å². The lowest BCUT2D eigenvalue weighted by Gasteiger charge is -2.08. The monoisotopic (exact) mass is 273 g/mol. The number of carbonyl (C=O) groups is 1. The van der Waals surface area contributed by atoms with Gasteiger partial charge in [0.25, 0.3) is 11.5 Å². The summed E-state index contributed by atoms with van der Waals surface area (Å²) < 4.78 is 1.25. The van der Waals surface area contributed by atoms with Crippen LogP contribution in [0.15, 0.2) is 41.2 Å². The zero-order chi connectivity index (χ0) is 14.5. The Morgan fingerprint density at radius 2 is 2.05 bits per heavy atom. The first-order valence-corrected chi connectivity index (χ1v) is 6.29. The van der Waals surface area contributed by atoms with E-state index in [2.05, 4.69) is 10.4 Å². The first-order valence-electron chi connectivity index (χ1n) is 6.29. The number of hydrogen-bond donors (Lipinski definition) is 2. The summed E-state index contributed by atoms with van der Waals surface area (Å²) in [6.45, 7) is 2.37. The number of anilines is 1. The van der Waals surface area contributed by atoms with Crippen molar-refractivity contribution in [3.05, 3.63) is 52.4 Å². The van der Waals surface area contributed by atoms with Gasteiger partial charge in [-0.2, -0.15) is 5.10 Å². The summed E-state index contributed by atoms with van der Waals surface area (Å²) in [5.41, 5.74) is 0.180. The summed E-state index contributed by atoms with van der Waals surface area (Å²) >= 11 is 0. The number of nitrogens with one attached hydrogen (secondary N) is 1. The molecule has 0 unspecified atom stereocenters. The molecule has 1 heterocycles. The van der Waals surface area contributed by atoms with E-state index in [1.165, 1.54) is 22.9 Å². The highest BCUT2D eigenvalue weighted by atomic mass is 16.3. The predicted molar refractivity (Wildman–Crippen MR) is 74.8 cm³/mol. The van der Waals surface area contributed by atoms with E-state index in [0.29, 0.717) is 12.2 Å². The summed E-state index contributed by atoms with van der Waals surface area (Å²) in [5, 5.41) is 16.1. The minimum absolute atomic E-state index is 0.0253. The third kappa shape index (κ3) is 3.03. The van der Waals surface area contributed by atoms with Gasteiger partial charge in [-0.05, 0) is 24.6 Å². The first-order chi connectivity index (χ1) is 9.61. The number of para-hydroxylation sites is 2. The van der Waals surface area contributed by atoms with E-state index in [1.807, 2.05) is 6.92 Å². The number of aryl methyl sites for hydroxylation is 1. The van der Waals surface area contributed by atoms with E-state index in [9.17, 15) is 14.7 Å². The lowest BCUT2D eigenvalue weighted by atomic mass is 10.3. The van der Waals surface area contributed by atoms with Crippen molar-refractivity contribution in [1.82, 2.24) is 9.78 Å². The minimum atomic E-state index is -0.476. The van der Waals surface area contributed by atoms with Crippen molar-refractivity contribution in [2.45, 2.75) is 19.9 Å². The van der Waals surface area contributed by atoms with Crippen molar-refractivity contribution in [2.75, 3.05) is 5.32 Å². The topological polar surface area (TPSA) is 84.2 Å². The average Bonchev–Trinajstić information content (AvgIpc) is 2.44. The van der Waals surface area contributed by atoms with Crippen LogP contribution in [0.2, 0.25) is 0 Å². The molecule has 0 saturated heterocycles. The third-order valence-corrected chi connectivity index (χ3v) is 2.69. The number of aromatic hydroxyl groups is 1. The molecule has 0 spiro atoms. The molecule has 0 aliphatic rings. The number of benzene rings is 1. The Morgan fingerprint density at radius 1 is 1.30 bits per heavy atom. The molecule has 6 heteroatoms. The second-order valence-electron chi connectivity index (χ2n) is 4.25. The van der Waals surface area contributed by atoms with Crippen LogP contribution in [-0.2, 0) is 6.54 Å². The molecule has 0 bridgehead atoms. The fourth-order valence-electron chi connectivity index (χ4n) is 1.71. The Bertz CT molecular complexity index is 679. The number of phenolic OH excluding ortho intramolecular Hbond substituents is 1. The molecule has 0 atom stereocenters. The van der Waals surface area contributed by atoms with Crippen LogP contribution in [0.5, 0.6) is 5.75 Å². The van der Waals surface area contributed by atoms with Gasteiger partial charge in [-0.15, -0.1) is 0 Å². The van der Waals surface area contributed by atoms with Crippen LogP contribution < -0.4 is 10.9 Å². The maximum atomic E-state index is 12.0. The quantitative estimate of drug-likeness (QED) is 0.829. The Balaban J connectivity index is 2.24. The Labute approximate surface area is 115 Å². The number of rotatable bonds is 4. The molecule has 6 nitrogen and oxygen atoms in total. The molecule has 0 aliphatic carbocycles. The van der Waals surface area contributed by atoms with Crippen LogP contribution >= 0.6 is 0 Å². The Morgan fingerprint density at radius 3 is 2.75 bits per heavy atom. The summed E-state index contributed by atoms with van der Waals surface area (Å²) in [5.74, 6) is -0.501. The predicted octanol–water partition coefficient (Wildman–Crippen LogP) is 1.61. The van der Waals surface area contributed by atoms with Gasteiger partial charge in [0.05, 0.1) is 5.69 Å². The summed E-state index contributed by atoms with van der Waals surface area (Å²) in [7, 11) is 0. The summed E-state index contributed by atoms with van der Waals surface area (Å²) in [4.78, 5) is 23.6. The number of amides is 1. The maximum absolute atomic E-state index is 12.0. The molecule has 0 aliphatic heterocycles. The molecule has 20 heavy (non-hydrogen) atoms. The highest BCUT2D eigenvalue weighted by Gasteiger charge is 2.11. The molecular formula is C14H15N3O3. The van der Waals surface area contributed by atoms with Crippen molar-refractivity contribution < 1.29 is 9.90 Å². The van der Waals surface area contributed by atoms with E-state index >= 15 is 0 Å². The fraction of sp³-hybridized carbons (Fsp3) is 0.214. The molecule has 0 saturated carbocycles. The number of hydrogen-bond acceptors (Lipinski definition) is 4. The van der Waals surface area contributed by atoms with Crippen LogP contribution in [0, 0.1) is 0 Å². The van der Waals surface area contributed by atoms with Crippen molar-refractivity contribution in [3.8, 4) is 5.75 Å². The van der Waals surface area contributed by atoms with Gasteiger partial charge in [-0.25, -0.2) is 4.68 Å². The van der Waals surface area contributed by atoms with E-state index in [0.717, 1.165) is 6.42 Å². The first kappa shape index (κ1) is 13.8. The zero-order valence-electron chi connectivity index (χ0n) is 11.0. The van der Waals surface area contributed by atoms with E-state index in [4.69, 9.17) is 0 Å². The van der Waals surface area contributed by atoms with Crippen LogP contribution in [0.3, 0.4) is 0 Å². The van der Waals surface area contributed by atoms with Gasteiger partial charge in [0, 0.05) is 12.6 Å². The number of phenols is 1. The molecule has 104 valence electrons. The molecular weight excluding hydrogens is 258 g/mol. The normalized spacial score (nSPS) is 10.2. The van der Waals surface area contributed by atoms with Gasteiger partial charge in [0.2, 0.25) is 0 Å². The molecule has 1 amide bonds. The third-order valence-electron chi connectivity index (χ3n) is 2.69. The lowest BCUT2D eigenvalue weighted by molar-refractivity contribution is 0.101. The van der Waals surface area contributed by atoms with Crippen LogP contribution in [0.25, 0.3) is 0 Å². The molecule has 0 radical (unpaired) electrons. The highest BCUT2D eigenvalue weighted by molar-refractivity contribution is 6.03. The standard InChI is InChI=1S/C14H15N3O3/c1-2-9-17-13(19)8-7-11(16-17)14(20)15-10-5-3-4-6-12(10)18/h3-8,18H,2,9H2,1H3,(H,15,20). The highest BCUT2D eigenvalue weighted by Crippen LogP contribution is 2.21. The SMILES string of the molecule is CCCn1nc(C(=O)Nc2ccccc2O)ccc1=O. The minimum Gasteiger partial charge on any atom is -0.506 e. The fourth-order valence-corrected chi connectivity index (χ4v) is 1.71. The van der Waals surface area contributed by atoms with Gasteiger partial charge in [-0.1, -0.05) is 19.1 Å². The molecule has 2 aromatic rings. The lowest BCUT2D eigenvalue weighted by Crippen LogP contribution is -2.26. The number of aromatic nitrogens is 2. The van der Waals surface area contributed by atoms with Crippen molar-refractivity contribution in [3.63, 3.8) is 0 Å². The number of carbonyl (C=O) groups excluding carboxylic acids is 1. The second kappa shape index (κ2) is 6.01. The van der Waals surface area contributed by atoms with Crippen LogP contribution in [0.4, 0.5) is 5.69 Å². The van der Waals surface area contributed by atoms with Crippen molar-refractivity contribution >= 4 is 11.6 Å².